The molecule has 1 saturated carbocycles. The van der Waals surface area contributed by atoms with Gasteiger partial charge in [-0.15, -0.1) is 0 Å². The lowest BCUT2D eigenvalue weighted by Crippen LogP contribution is -2.58. The fraction of sp³-hybridized carbons (Fsp3) is 0.619. The second-order valence-electron chi connectivity index (χ2n) is 8.25. The Labute approximate surface area is 168 Å². The molecule has 2 heterocycles. The number of amides is 2. The van der Waals surface area contributed by atoms with Crippen LogP contribution in [0.15, 0.2) is 18.2 Å². The van der Waals surface area contributed by atoms with E-state index < -0.39 is 29.3 Å². The Kier molecular flexibility index (Phi) is 5.57. The van der Waals surface area contributed by atoms with Crippen molar-refractivity contribution in [2.75, 3.05) is 32.9 Å². The van der Waals surface area contributed by atoms with Crippen LogP contribution in [0.25, 0.3) is 0 Å². The average molecular weight is 408 g/mol. The molecule has 3 atom stereocenters. The van der Waals surface area contributed by atoms with E-state index in [1.165, 1.54) is 4.90 Å². The Bertz CT molecular complexity index is 779. The van der Waals surface area contributed by atoms with Gasteiger partial charge in [-0.25, -0.2) is 8.78 Å². The molecular formula is C21H26F2N2O4. The predicted molar refractivity (Wildman–Crippen MR) is 100 cm³/mol. The lowest BCUT2D eigenvalue weighted by atomic mass is 9.83. The fourth-order valence-electron chi connectivity index (χ4n) is 4.81. The van der Waals surface area contributed by atoms with Crippen LogP contribution in [-0.2, 0) is 14.3 Å². The van der Waals surface area contributed by atoms with Crippen molar-refractivity contribution < 1.29 is 27.8 Å². The second-order valence-corrected chi connectivity index (χ2v) is 8.25. The van der Waals surface area contributed by atoms with E-state index in [1.54, 1.807) is 4.90 Å². The van der Waals surface area contributed by atoms with Crippen LogP contribution in [0.1, 0.15) is 43.0 Å². The normalized spacial score (nSPS) is 30.0. The molecule has 4 rings (SSSR count). The zero-order chi connectivity index (χ0) is 20.6. The zero-order valence-electron chi connectivity index (χ0n) is 16.5. The third kappa shape index (κ3) is 3.88. The van der Waals surface area contributed by atoms with Crippen LogP contribution in [0, 0.1) is 17.6 Å². The van der Waals surface area contributed by atoms with E-state index in [0.717, 1.165) is 31.0 Å². The summed E-state index contributed by atoms with van der Waals surface area (Å²) in [5.74, 6) is -2.10. The van der Waals surface area contributed by atoms with E-state index in [-0.39, 0.29) is 18.1 Å². The molecule has 1 spiro atoms. The number of ether oxygens (including phenoxy) is 2. The van der Waals surface area contributed by atoms with Gasteiger partial charge < -0.3 is 14.4 Å². The summed E-state index contributed by atoms with van der Waals surface area (Å²) >= 11 is 0. The summed E-state index contributed by atoms with van der Waals surface area (Å²) in [6.45, 7) is 3.98. The molecular weight excluding hydrogens is 382 g/mol. The SMILES string of the molecule is C[C@H]1CCC[C@@]2(C1)OC[C@@H](C(=O)N1CCOCC1)N2C(=O)c1cc(F)cc(F)c1. The number of carbonyl (C=O) groups is 2. The smallest absolute Gasteiger partial charge is 0.257 e. The predicted octanol–water partition coefficient (Wildman–Crippen LogP) is 2.57. The largest absolute Gasteiger partial charge is 0.378 e. The van der Waals surface area contributed by atoms with Gasteiger partial charge in [-0.3, -0.25) is 14.5 Å². The number of carbonyl (C=O) groups excluding carboxylic acids is 2. The van der Waals surface area contributed by atoms with Crippen LogP contribution in [-0.4, -0.2) is 66.3 Å². The summed E-state index contributed by atoms with van der Waals surface area (Å²) in [5, 5.41) is 0. The lowest BCUT2D eigenvalue weighted by Gasteiger charge is -2.44. The van der Waals surface area contributed by atoms with Crippen molar-refractivity contribution in [3.05, 3.63) is 35.4 Å². The van der Waals surface area contributed by atoms with E-state index in [4.69, 9.17) is 9.47 Å². The quantitative estimate of drug-likeness (QED) is 0.755. The van der Waals surface area contributed by atoms with Crippen LogP contribution in [0.5, 0.6) is 0 Å². The molecule has 29 heavy (non-hydrogen) atoms. The van der Waals surface area contributed by atoms with Gasteiger partial charge in [0.25, 0.3) is 5.91 Å². The molecule has 8 heteroatoms. The van der Waals surface area contributed by atoms with E-state index in [0.29, 0.717) is 45.1 Å². The maximum Gasteiger partial charge on any atom is 0.257 e. The van der Waals surface area contributed by atoms with Crippen LogP contribution < -0.4 is 0 Å². The Morgan fingerprint density at radius 1 is 1.14 bits per heavy atom. The number of benzene rings is 1. The first-order valence-electron chi connectivity index (χ1n) is 10.2. The summed E-state index contributed by atoms with van der Waals surface area (Å²) in [6, 6.07) is 1.95. The molecule has 1 aromatic rings. The average Bonchev–Trinajstić information content (AvgIpc) is 3.04. The fourth-order valence-corrected chi connectivity index (χ4v) is 4.81. The summed E-state index contributed by atoms with van der Waals surface area (Å²) in [6.07, 6.45) is 3.09. The van der Waals surface area contributed by atoms with E-state index in [1.807, 2.05) is 0 Å². The van der Waals surface area contributed by atoms with Crippen molar-refractivity contribution in [3.8, 4) is 0 Å². The van der Waals surface area contributed by atoms with Crippen molar-refractivity contribution in [2.24, 2.45) is 5.92 Å². The van der Waals surface area contributed by atoms with Gasteiger partial charge in [0.2, 0.25) is 5.91 Å². The number of hydrogen-bond donors (Lipinski definition) is 0. The minimum absolute atomic E-state index is 0.0897. The van der Waals surface area contributed by atoms with Gasteiger partial charge in [0, 0.05) is 24.7 Å². The molecule has 2 saturated heterocycles. The minimum Gasteiger partial charge on any atom is -0.378 e. The van der Waals surface area contributed by atoms with E-state index in [9.17, 15) is 18.4 Å². The number of morpholine rings is 1. The van der Waals surface area contributed by atoms with Crippen molar-refractivity contribution in [3.63, 3.8) is 0 Å². The van der Waals surface area contributed by atoms with Crippen molar-refractivity contribution in [1.29, 1.82) is 0 Å². The molecule has 0 aromatic heterocycles. The summed E-state index contributed by atoms with van der Waals surface area (Å²) in [7, 11) is 0. The van der Waals surface area contributed by atoms with Gasteiger partial charge in [0.05, 0.1) is 19.8 Å². The van der Waals surface area contributed by atoms with Crippen LogP contribution in [0.2, 0.25) is 0 Å². The van der Waals surface area contributed by atoms with Gasteiger partial charge in [0.15, 0.2) is 0 Å². The van der Waals surface area contributed by atoms with Gasteiger partial charge in [-0.05, 0) is 37.3 Å². The molecule has 1 aromatic carbocycles. The Balaban J connectivity index is 1.69. The molecule has 0 bridgehead atoms. The summed E-state index contributed by atoms with van der Waals surface area (Å²) in [4.78, 5) is 29.8. The highest BCUT2D eigenvalue weighted by atomic mass is 19.1. The second kappa shape index (κ2) is 7.99. The van der Waals surface area contributed by atoms with E-state index >= 15 is 0 Å². The third-order valence-electron chi connectivity index (χ3n) is 6.13. The molecule has 3 aliphatic rings. The molecule has 2 amide bonds. The Morgan fingerprint density at radius 2 is 1.83 bits per heavy atom. The molecule has 1 aliphatic carbocycles. The monoisotopic (exact) mass is 408 g/mol. The maximum atomic E-state index is 13.8. The van der Waals surface area contributed by atoms with Crippen LogP contribution >= 0.6 is 0 Å². The Hall–Kier alpha value is -2.06. The van der Waals surface area contributed by atoms with Crippen LogP contribution in [0.4, 0.5) is 8.78 Å². The highest BCUT2D eigenvalue weighted by Crippen LogP contribution is 2.43. The molecule has 158 valence electrons. The van der Waals surface area contributed by atoms with Crippen molar-refractivity contribution >= 4 is 11.8 Å². The first kappa shape index (κ1) is 20.2. The highest BCUT2D eigenvalue weighted by molar-refractivity contribution is 5.98. The first-order valence-corrected chi connectivity index (χ1v) is 10.2. The van der Waals surface area contributed by atoms with Gasteiger partial charge in [0.1, 0.15) is 23.4 Å². The molecule has 0 unspecified atom stereocenters. The lowest BCUT2D eigenvalue weighted by molar-refractivity contribution is -0.141. The first-order chi connectivity index (χ1) is 13.9. The number of nitrogens with zero attached hydrogens (tertiary/aromatic N) is 2. The summed E-state index contributed by atoms with van der Waals surface area (Å²) < 4.78 is 39.0. The minimum atomic E-state index is -0.913. The molecule has 6 nitrogen and oxygen atoms in total. The molecule has 0 radical (unpaired) electrons. The van der Waals surface area contributed by atoms with Gasteiger partial charge in [-0.1, -0.05) is 13.3 Å². The summed E-state index contributed by atoms with van der Waals surface area (Å²) in [5.41, 5.74) is -1.02. The molecule has 3 fully saturated rings. The van der Waals surface area contributed by atoms with Gasteiger partial charge in [-0.2, -0.15) is 0 Å². The molecule has 2 aliphatic heterocycles. The third-order valence-corrected chi connectivity index (χ3v) is 6.13. The standard InChI is InChI=1S/C21H26F2N2O4/c1-14-3-2-4-21(12-14)25(19(26)15-9-16(22)11-17(23)10-15)18(13-29-21)20(27)24-5-7-28-8-6-24/h9-11,14,18H,2-8,12-13H2,1H3/t14-,18-,21-/m0/s1. The zero-order valence-corrected chi connectivity index (χ0v) is 16.5. The number of hydrogen-bond acceptors (Lipinski definition) is 4. The van der Waals surface area contributed by atoms with E-state index in [2.05, 4.69) is 6.92 Å². The highest BCUT2D eigenvalue weighted by Gasteiger charge is 2.54. The Morgan fingerprint density at radius 3 is 2.48 bits per heavy atom. The maximum absolute atomic E-state index is 13.8. The van der Waals surface area contributed by atoms with Crippen molar-refractivity contribution in [2.45, 2.75) is 44.4 Å². The van der Waals surface area contributed by atoms with Gasteiger partial charge >= 0.3 is 0 Å². The van der Waals surface area contributed by atoms with Crippen molar-refractivity contribution in [1.82, 2.24) is 9.80 Å². The number of halogens is 2. The molecule has 0 N–H and O–H groups in total. The van der Waals surface area contributed by atoms with Crippen LogP contribution in [0.3, 0.4) is 0 Å². The topological polar surface area (TPSA) is 59.1 Å². The number of rotatable bonds is 2.